The highest BCUT2D eigenvalue weighted by Crippen LogP contribution is 2.11. The van der Waals surface area contributed by atoms with Crippen LogP contribution in [-0.2, 0) is 0 Å². The second kappa shape index (κ2) is 7.77. The van der Waals surface area contributed by atoms with Crippen LogP contribution in [-0.4, -0.2) is 35.4 Å². The van der Waals surface area contributed by atoms with Gasteiger partial charge in [0.25, 0.3) is 5.91 Å². The summed E-state index contributed by atoms with van der Waals surface area (Å²) in [5, 5.41) is 3.20. The van der Waals surface area contributed by atoms with Crippen LogP contribution in [0.15, 0.2) is 18.3 Å². The van der Waals surface area contributed by atoms with E-state index in [9.17, 15) is 4.79 Å². The Kier molecular flexibility index (Phi) is 6.33. The molecule has 0 spiro atoms. The standard InChI is InChI=1S/C15H25N3O/c1-5-7-12(3)18(4)15(19)13-8-9-14(17-11-13)16-10-6-2/h8-9,11-12H,5-7,10H2,1-4H3,(H,16,17). The first-order valence-corrected chi connectivity index (χ1v) is 7.07. The normalized spacial score (nSPS) is 12.0. The predicted octanol–water partition coefficient (Wildman–Crippen LogP) is 3.16. The van der Waals surface area contributed by atoms with Crippen LogP contribution in [0.5, 0.6) is 0 Å². The molecule has 0 fully saturated rings. The molecule has 0 radical (unpaired) electrons. The molecule has 0 bridgehead atoms. The average Bonchev–Trinajstić information content (AvgIpc) is 2.44. The minimum Gasteiger partial charge on any atom is -0.370 e. The number of hydrogen-bond acceptors (Lipinski definition) is 3. The molecule has 0 aromatic carbocycles. The van der Waals surface area contributed by atoms with Crippen molar-refractivity contribution in [2.45, 2.75) is 46.1 Å². The van der Waals surface area contributed by atoms with E-state index in [0.29, 0.717) is 5.56 Å². The quantitative estimate of drug-likeness (QED) is 0.822. The first-order valence-electron chi connectivity index (χ1n) is 7.07. The van der Waals surface area contributed by atoms with Gasteiger partial charge in [0.05, 0.1) is 5.56 Å². The molecule has 1 atom stereocenters. The van der Waals surface area contributed by atoms with E-state index in [1.807, 2.05) is 19.2 Å². The number of nitrogens with zero attached hydrogens (tertiary/aromatic N) is 2. The Morgan fingerprint density at radius 2 is 2.11 bits per heavy atom. The predicted molar refractivity (Wildman–Crippen MR) is 79.5 cm³/mol. The van der Waals surface area contributed by atoms with Gasteiger partial charge < -0.3 is 10.2 Å². The molecule has 0 aliphatic heterocycles. The number of amides is 1. The Balaban J connectivity index is 2.66. The summed E-state index contributed by atoms with van der Waals surface area (Å²) in [6, 6.07) is 3.96. The molecule has 1 heterocycles. The lowest BCUT2D eigenvalue weighted by Crippen LogP contribution is -2.35. The molecule has 4 nitrogen and oxygen atoms in total. The maximum atomic E-state index is 12.3. The number of carbonyl (C=O) groups is 1. The van der Waals surface area contributed by atoms with E-state index < -0.39 is 0 Å². The first kappa shape index (κ1) is 15.5. The second-order valence-electron chi connectivity index (χ2n) is 4.91. The molecule has 1 aromatic heterocycles. The van der Waals surface area contributed by atoms with E-state index in [4.69, 9.17) is 0 Å². The average molecular weight is 263 g/mol. The molecular formula is C15H25N3O. The van der Waals surface area contributed by atoms with Gasteiger partial charge in [-0.2, -0.15) is 0 Å². The van der Waals surface area contributed by atoms with Crippen molar-refractivity contribution in [1.82, 2.24) is 9.88 Å². The molecular weight excluding hydrogens is 238 g/mol. The molecule has 1 N–H and O–H groups in total. The Morgan fingerprint density at radius 1 is 1.37 bits per heavy atom. The molecule has 19 heavy (non-hydrogen) atoms. The summed E-state index contributed by atoms with van der Waals surface area (Å²) in [5.74, 6) is 0.859. The highest BCUT2D eigenvalue weighted by atomic mass is 16.2. The van der Waals surface area contributed by atoms with Gasteiger partial charge in [-0.15, -0.1) is 0 Å². The van der Waals surface area contributed by atoms with Crippen molar-refractivity contribution in [2.24, 2.45) is 0 Å². The van der Waals surface area contributed by atoms with Crippen LogP contribution in [0.2, 0.25) is 0 Å². The maximum Gasteiger partial charge on any atom is 0.255 e. The molecule has 0 saturated carbocycles. The summed E-state index contributed by atoms with van der Waals surface area (Å²) in [4.78, 5) is 18.3. The van der Waals surface area contributed by atoms with Crippen molar-refractivity contribution in [3.8, 4) is 0 Å². The van der Waals surface area contributed by atoms with Gasteiger partial charge in [0.1, 0.15) is 5.82 Å². The number of anilines is 1. The molecule has 1 aromatic rings. The smallest absolute Gasteiger partial charge is 0.255 e. The van der Waals surface area contributed by atoms with E-state index >= 15 is 0 Å². The van der Waals surface area contributed by atoms with Gasteiger partial charge in [0, 0.05) is 25.8 Å². The summed E-state index contributed by atoms with van der Waals surface area (Å²) >= 11 is 0. The molecule has 0 aliphatic rings. The molecule has 1 unspecified atom stereocenters. The number of rotatable bonds is 7. The van der Waals surface area contributed by atoms with Gasteiger partial charge in [0.2, 0.25) is 0 Å². The molecule has 0 saturated heterocycles. The molecule has 106 valence electrons. The lowest BCUT2D eigenvalue weighted by atomic mass is 10.1. The van der Waals surface area contributed by atoms with Crippen molar-refractivity contribution in [3.63, 3.8) is 0 Å². The summed E-state index contributed by atoms with van der Waals surface area (Å²) in [7, 11) is 1.85. The highest BCUT2D eigenvalue weighted by Gasteiger charge is 2.16. The fourth-order valence-electron chi connectivity index (χ4n) is 1.89. The van der Waals surface area contributed by atoms with Crippen molar-refractivity contribution in [1.29, 1.82) is 0 Å². The van der Waals surface area contributed by atoms with Crippen LogP contribution in [0.3, 0.4) is 0 Å². The summed E-state index contributed by atoms with van der Waals surface area (Å²) < 4.78 is 0. The number of carbonyl (C=O) groups excluding carboxylic acids is 1. The Bertz CT molecular complexity index is 389. The fourth-order valence-corrected chi connectivity index (χ4v) is 1.89. The van der Waals surface area contributed by atoms with Crippen molar-refractivity contribution in [3.05, 3.63) is 23.9 Å². The fraction of sp³-hybridized carbons (Fsp3) is 0.600. The zero-order chi connectivity index (χ0) is 14.3. The van der Waals surface area contributed by atoms with E-state index in [1.54, 1.807) is 11.1 Å². The van der Waals surface area contributed by atoms with Crippen LogP contribution in [0.4, 0.5) is 5.82 Å². The van der Waals surface area contributed by atoms with Crippen LogP contribution in [0.1, 0.15) is 50.4 Å². The van der Waals surface area contributed by atoms with E-state index in [1.165, 1.54) is 0 Å². The third-order valence-corrected chi connectivity index (χ3v) is 3.25. The first-order chi connectivity index (χ1) is 9.10. The van der Waals surface area contributed by atoms with Gasteiger partial charge in [0.15, 0.2) is 0 Å². The summed E-state index contributed by atoms with van der Waals surface area (Å²) in [5.41, 5.74) is 0.646. The SMILES string of the molecule is CCCNc1ccc(C(=O)N(C)C(C)CCC)cn1. The van der Waals surface area contributed by atoms with Gasteiger partial charge >= 0.3 is 0 Å². The molecule has 0 aliphatic carbocycles. The summed E-state index contributed by atoms with van der Waals surface area (Å²) in [6.07, 6.45) is 4.80. The molecule has 4 heteroatoms. The topological polar surface area (TPSA) is 45.2 Å². The van der Waals surface area contributed by atoms with Gasteiger partial charge in [-0.3, -0.25) is 4.79 Å². The van der Waals surface area contributed by atoms with Crippen molar-refractivity contribution in [2.75, 3.05) is 18.9 Å². The van der Waals surface area contributed by atoms with E-state index in [-0.39, 0.29) is 11.9 Å². The highest BCUT2D eigenvalue weighted by molar-refractivity contribution is 5.94. The largest absolute Gasteiger partial charge is 0.370 e. The van der Waals surface area contributed by atoms with Crippen LogP contribution in [0.25, 0.3) is 0 Å². The number of nitrogens with one attached hydrogen (secondary N) is 1. The Morgan fingerprint density at radius 3 is 2.63 bits per heavy atom. The van der Waals surface area contributed by atoms with Gasteiger partial charge in [-0.1, -0.05) is 20.3 Å². The van der Waals surface area contributed by atoms with E-state index in [2.05, 4.69) is 31.1 Å². The Hall–Kier alpha value is -1.58. The van der Waals surface area contributed by atoms with Crippen molar-refractivity contribution >= 4 is 11.7 Å². The van der Waals surface area contributed by atoms with E-state index in [0.717, 1.165) is 31.6 Å². The zero-order valence-corrected chi connectivity index (χ0v) is 12.4. The van der Waals surface area contributed by atoms with Crippen molar-refractivity contribution < 1.29 is 4.79 Å². The Labute approximate surface area is 116 Å². The maximum absolute atomic E-state index is 12.3. The van der Waals surface area contributed by atoms with Crippen LogP contribution < -0.4 is 5.32 Å². The lowest BCUT2D eigenvalue weighted by molar-refractivity contribution is 0.0736. The number of hydrogen-bond donors (Lipinski definition) is 1. The van der Waals surface area contributed by atoms with Gasteiger partial charge in [-0.25, -0.2) is 4.98 Å². The number of aromatic nitrogens is 1. The lowest BCUT2D eigenvalue weighted by Gasteiger charge is -2.24. The minimum atomic E-state index is 0.0375. The van der Waals surface area contributed by atoms with Crippen LogP contribution in [0, 0.1) is 0 Å². The van der Waals surface area contributed by atoms with Crippen LogP contribution >= 0.6 is 0 Å². The minimum absolute atomic E-state index is 0.0375. The third-order valence-electron chi connectivity index (χ3n) is 3.25. The molecule has 1 rings (SSSR count). The number of pyridine rings is 1. The second-order valence-corrected chi connectivity index (χ2v) is 4.91. The monoisotopic (exact) mass is 263 g/mol. The van der Waals surface area contributed by atoms with Gasteiger partial charge in [-0.05, 0) is 31.9 Å². The summed E-state index contributed by atoms with van der Waals surface area (Å²) in [6.45, 7) is 7.21. The third kappa shape index (κ3) is 4.54. The zero-order valence-electron chi connectivity index (χ0n) is 12.4. The molecule has 1 amide bonds.